The number of esters is 1. The van der Waals surface area contributed by atoms with Crippen LogP contribution in [0, 0.1) is 0 Å². The zero-order valence-corrected chi connectivity index (χ0v) is 12.0. The molecule has 0 fully saturated rings. The van der Waals surface area contributed by atoms with E-state index in [1.54, 1.807) is 24.9 Å². The molecule has 1 rings (SSSR count). The Balaban J connectivity index is 2.61. The lowest BCUT2D eigenvalue weighted by Gasteiger charge is -2.19. The maximum absolute atomic E-state index is 12.3. The second-order valence-corrected chi connectivity index (χ2v) is 4.68. The van der Waals surface area contributed by atoms with Crippen molar-refractivity contribution in [1.82, 2.24) is 9.47 Å². The Bertz CT molecular complexity index is 438. The lowest BCUT2D eigenvalue weighted by Crippen LogP contribution is -2.31. The van der Waals surface area contributed by atoms with Gasteiger partial charge in [-0.25, -0.2) is 0 Å². The van der Waals surface area contributed by atoms with Gasteiger partial charge in [0.2, 0.25) is 0 Å². The summed E-state index contributed by atoms with van der Waals surface area (Å²) in [5.41, 5.74) is 0.640. The molecule has 5 nitrogen and oxygen atoms in total. The van der Waals surface area contributed by atoms with Crippen molar-refractivity contribution >= 4 is 11.9 Å². The minimum absolute atomic E-state index is 0.0806. The SMILES string of the molecule is CCOC(=O)CCN(C)C(=O)c1cccn1C(C)C. The number of ether oxygens (including phenoxy) is 1. The number of nitrogens with zero attached hydrogens (tertiary/aromatic N) is 2. The van der Waals surface area contributed by atoms with Gasteiger partial charge >= 0.3 is 5.97 Å². The number of carbonyl (C=O) groups is 2. The molecule has 1 aromatic heterocycles. The van der Waals surface area contributed by atoms with Crippen LogP contribution in [-0.4, -0.2) is 41.5 Å². The minimum Gasteiger partial charge on any atom is -0.466 e. The molecule has 0 atom stereocenters. The highest BCUT2D eigenvalue weighted by molar-refractivity contribution is 5.92. The zero-order valence-electron chi connectivity index (χ0n) is 12.0. The van der Waals surface area contributed by atoms with Crippen LogP contribution >= 0.6 is 0 Å². The van der Waals surface area contributed by atoms with Crippen LogP contribution in [0.2, 0.25) is 0 Å². The Morgan fingerprint density at radius 3 is 2.68 bits per heavy atom. The van der Waals surface area contributed by atoms with E-state index in [1.165, 1.54) is 0 Å². The third kappa shape index (κ3) is 4.12. The molecule has 0 aliphatic carbocycles. The molecule has 0 unspecified atom stereocenters. The highest BCUT2D eigenvalue weighted by Gasteiger charge is 2.17. The van der Waals surface area contributed by atoms with E-state index < -0.39 is 0 Å². The molecule has 106 valence electrons. The number of hydrogen-bond donors (Lipinski definition) is 0. The highest BCUT2D eigenvalue weighted by Crippen LogP contribution is 2.12. The molecular weight excluding hydrogens is 244 g/mol. The summed E-state index contributed by atoms with van der Waals surface area (Å²) < 4.78 is 6.76. The van der Waals surface area contributed by atoms with Gasteiger partial charge in [0.05, 0.1) is 13.0 Å². The van der Waals surface area contributed by atoms with E-state index in [0.717, 1.165) is 0 Å². The monoisotopic (exact) mass is 266 g/mol. The second-order valence-electron chi connectivity index (χ2n) is 4.68. The highest BCUT2D eigenvalue weighted by atomic mass is 16.5. The molecule has 0 spiro atoms. The van der Waals surface area contributed by atoms with E-state index in [-0.39, 0.29) is 24.3 Å². The molecule has 0 bridgehead atoms. The summed E-state index contributed by atoms with van der Waals surface area (Å²) >= 11 is 0. The van der Waals surface area contributed by atoms with Gasteiger partial charge in [-0.15, -0.1) is 0 Å². The molecule has 19 heavy (non-hydrogen) atoms. The van der Waals surface area contributed by atoms with Crippen LogP contribution in [0.3, 0.4) is 0 Å². The summed E-state index contributed by atoms with van der Waals surface area (Å²) in [6.45, 7) is 6.54. The summed E-state index contributed by atoms with van der Waals surface area (Å²) in [7, 11) is 1.69. The van der Waals surface area contributed by atoms with Gasteiger partial charge in [-0.1, -0.05) is 0 Å². The van der Waals surface area contributed by atoms with Crippen molar-refractivity contribution in [2.75, 3.05) is 20.2 Å². The summed E-state index contributed by atoms with van der Waals surface area (Å²) in [5, 5.41) is 0. The van der Waals surface area contributed by atoms with Gasteiger partial charge in [0, 0.05) is 25.8 Å². The molecule has 1 heterocycles. The Hall–Kier alpha value is -1.78. The molecule has 0 aromatic carbocycles. The van der Waals surface area contributed by atoms with Crippen LogP contribution in [0.25, 0.3) is 0 Å². The lowest BCUT2D eigenvalue weighted by atomic mass is 10.3. The van der Waals surface area contributed by atoms with Crippen LogP contribution in [0.4, 0.5) is 0 Å². The molecule has 1 amide bonds. The van der Waals surface area contributed by atoms with E-state index in [1.807, 2.05) is 30.7 Å². The maximum atomic E-state index is 12.3. The summed E-state index contributed by atoms with van der Waals surface area (Å²) in [5.74, 6) is -0.357. The van der Waals surface area contributed by atoms with Gasteiger partial charge in [0.1, 0.15) is 5.69 Å². The van der Waals surface area contributed by atoms with Crippen LogP contribution < -0.4 is 0 Å². The van der Waals surface area contributed by atoms with E-state index in [0.29, 0.717) is 18.8 Å². The third-order valence-electron chi connectivity index (χ3n) is 2.86. The van der Waals surface area contributed by atoms with Crippen molar-refractivity contribution in [3.05, 3.63) is 24.0 Å². The van der Waals surface area contributed by atoms with Gasteiger partial charge in [0.15, 0.2) is 0 Å². The van der Waals surface area contributed by atoms with Crippen molar-refractivity contribution in [1.29, 1.82) is 0 Å². The van der Waals surface area contributed by atoms with E-state index in [4.69, 9.17) is 4.74 Å². The molecule has 0 saturated heterocycles. The third-order valence-corrected chi connectivity index (χ3v) is 2.86. The normalized spacial score (nSPS) is 10.6. The number of rotatable bonds is 6. The molecular formula is C14H22N2O3. The minimum atomic E-state index is -0.276. The summed E-state index contributed by atoms with van der Waals surface area (Å²) in [6.07, 6.45) is 2.11. The van der Waals surface area contributed by atoms with E-state index in [9.17, 15) is 9.59 Å². The first-order chi connectivity index (χ1) is 8.97. The van der Waals surface area contributed by atoms with Gasteiger partial charge in [-0.2, -0.15) is 0 Å². The second kappa shape index (κ2) is 6.97. The standard InChI is InChI=1S/C14H22N2O3/c1-5-19-13(17)8-10-15(4)14(18)12-7-6-9-16(12)11(2)3/h6-7,9,11H,5,8,10H2,1-4H3. The Morgan fingerprint density at radius 2 is 2.11 bits per heavy atom. The smallest absolute Gasteiger partial charge is 0.307 e. The van der Waals surface area contributed by atoms with Crippen LogP contribution in [0.5, 0.6) is 0 Å². The van der Waals surface area contributed by atoms with E-state index >= 15 is 0 Å². The average Bonchev–Trinajstić information content (AvgIpc) is 2.84. The van der Waals surface area contributed by atoms with Gasteiger partial charge < -0.3 is 14.2 Å². The maximum Gasteiger partial charge on any atom is 0.307 e. The molecule has 5 heteroatoms. The number of carbonyl (C=O) groups excluding carboxylic acids is 2. The summed E-state index contributed by atoms with van der Waals surface area (Å²) in [4.78, 5) is 25.1. The summed E-state index contributed by atoms with van der Waals surface area (Å²) in [6, 6.07) is 3.88. The average molecular weight is 266 g/mol. The predicted octanol–water partition coefficient (Wildman–Crippen LogP) is 2.09. The molecule has 1 aromatic rings. The fourth-order valence-corrected chi connectivity index (χ4v) is 1.81. The number of amides is 1. The van der Waals surface area contributed by atoms with Crippen LogP contribution in [-0.2, 0) is 9.53 Å². The van der Waals surface area contributed by atoms with Crippen molar-refractivity contribution < 1.29 is 14.3 Å². The zero-order chi connectivity index (χ0) is 14.4. The predicted molar refractivity (Wildman–Crippen MR) is 73.0 cm³/mol. The molecule has 0 aliphatic heterocycles. The van der Waals surface area contributed by atoms with E-state index in [2.05, 4.69) is 0 Å². The molecule has 0 saturated carbocycles. The first-order valence-electron chi connectivity index (χ1n) is 6.55. The first kappa shape index (κ1) is 15.3. The Morgan fingerprint density at radius 1 is 1.42 bits per heavy atom. The topological polar surface area (TPSA) is 51.5 Å². The van der Waals surface area contributed by atoms with Gasteiger partial charge in [-0.3, -0.25) is 9.59 Å². The van der Waals surface area contributed by atoms with Crippen molar-refractivity contribution in [2.45, 2.75) is 33.2 Å². The lowest BCUT2D eigenvalue weighted by molar-refractivity contribution is -0.143. The first-order valence-corrected chi connectivity index (χ1v) is 6.55. The van der Waals surface area contributed by atoms with Gasteiger partial charge in [0.25, 0.3) is 5.91 Å². The number of aromatic nitrogens is 1. The van der Waals surface area contributed by atoms with Gasteiger partial charge in [-0.05, 0) is 32.9 Å². The van der Waals surface area contributed by atoms with Crippen molar-refractivity contribution in [3.8, 4) is 0 Å². The number of hydrogen-bond acceptors (Lipinski definition) is 3. The largest absolute Gasteiger partial charge is 0.466 e. The fraction of sp³-hybridized carbons (Fsp3) is 0.571. The Labute approximate surface area is 114 Å². The quantitative estimate of drug-likeness (QED) is 0.741. The fourth-order valence-electron chi connectivity index (χ4n) is 1.81. The van der Waals surface area contributed by atoms with Crippen LogP contribution in [0.15, 0.2) is 18.3 Å². The van der Waals surface area contributed by atoms with Crippen molar-refractivity contribution in [3.63, 3.8) is 0 Å². The molecule has 0 aliphatic rings. The van der Waals surface area contributed by atoms with Crippen LogP contribution in [0.1, 0.15) is 43.7 Å². The molecule has 0 radical (unpaired) electrons. The molecule has 0 N–H and O–H groups in total. The van der Waals surface area contributed by atoms with Crippen molar-refractivity contribution in [2.24, 2.45) is 0 Å². The Kier molecular flexibility index (Phi) is 5.60.